The van der Waals surface area contributed by atoms with Gasteiger partial charge in [0.25, 0.3) is 0 Å². The van der Waals surface area contributed by atoms with E-state index in [0.717, 1.165) is 34.1 Å². The Bertz CT molecular complexity index is 1450. The summed E-state index contributed by atoms with van der Waals surface area (Å²) in [7, 11) is 0. The van der Waals surface area contributed by atoms with Crippen LogP contribution in [-0.4, -0.2) is 32.6 Å². The van der Waals surface area contributed by atoms with Crippen molar-refractivity contribution in [1.29, 1.82) is 0 Å². The largest absolute Gasteiger partial charge is 0.360 e. The SMILES string of the molecule is CC(=O)c1ccc(CCN[C@@H](C(=O)c2c[nH]c3cc(-n4ccnc4)ccc23)c2ccccc2)cc1. The summed E-state index contributed by atoms with van der Waals surface area (Å²) in [6.07, 6.45) is 7.92. The summed E-state index contributed by atoms with van der Waals surface area (Å²) in [5.41, 5.74) is 5.27. The van der Waals surface area contributed by atoms with E-state index in [1.807, 2.05) is 83.6 Å². The molecule has 0 amide bonds. The summed E-state index contributed by atoms with van der Waals surface area (Å²) in [5, 5.41) is 4.36. The third-order valence-electron chi connectivity index (χ3n) is 6.25. The summed E-state index contributed by atoms with van der Waals surface area (Å²) in [6.45, 7) is 2.19. The lowest BCUT2D eigenvalue weighted by Crippen LogP contribution is -2.30. The van der Waals surface area contributed by atoms with Crippen LogP contribution in [0.5, 0.6) is 0 Å². The molecular formula is C29H26N4O2. The first-order chi connectivity index (χ1) is 17.1. The van der Waals surface area contributed by atoms with Crippen LogP contribution in [-0.2, 0) is 6.42 Å². The van der Waals surface area contributed by atoms with E-state index in [-0.39, 0.29) is 11.6 Å². The number of imidazole rings is 1. The number of carbonyl (C=O) groups excluding carboxylic acids is 2. The number of hydrogen-bond donors (Lipinski definition) is 2. The van der Waals surface area contributed by atoms with Gasteiger partial charge in [0.1, 0.15) is 0 Å². The van der Waals surface area contributed by atoms with Gasteiger partial charge in [-0.1, -0.05) is 60.7 Å². The third kappa shape index (κ3) is 4.83. The zero-order chi connectivity index (χ0) is 24.2. The van der Waals surface area contributed by atoms with Crippen molar-refractivity contribution >= 4 is 22.5 Å². The predicted octanol–water partition coefficient (Wildman–Crippen LogP) is 5.31. The molecular weight excluding hydrogens is 436 g/mol. The Kier molecular flexibility index (Phi) is 6.37. The molecule has 0 aliphatic carbocycles. The number of nitrogens with one attached hydrogen (secondary N) is 2. The minimum atomic E-state index is -0.472. The van der Waals surface area contributed by atoms with Crippen molar-refractivity contribution in [3.63, 3.8) is 0 Å². The van der Waals surface area contributed by atoms with E-state index < -0.39 is 6.04 Å². The molecule has 0 saturated heterocycles. The monoisotopic (exact) mass is 462 g/mol. The van der Waals surface area contributed by atoms with Gasteiger partial charge >= 0.3 is 0 Å². The Labute approximate surface area is 203 Å². The van der Waals surface area contributed by atoms with Gasteiger partial charge in [0.05, 0.1) is 12.4 Å². The van der Waals surface area contributed by atoms with Crippen LogP contribution >= 0.6 is 0 Å². The van der Waals surface area contributed by atoms with Gasteiger partial charge in [-0.2, -0.15) is 0 Å². The Morgan fingerprint density at radius 2 is 1.83 bits per heavy atom. The molecule has 0 fully saturated rings. The maximum absolute atomic E-state index is 13.8. The summed E-state index contributed by atoms with van der Waals surface area (Å²) in [4.78, 5) is 32.7. The Morgan fingerprint density at radius 1 is 1.03 bits per heavy atom. The predicted molar refractivity (Wildman–Crippen MR) is 137 cm³/mol. The first kappa shape index (κ1) is 22.5. The first-order valence-corrected chi connectivity index (χ1v) is 11.6. The number of fused-ring (bicyclic) bond motifs is 1. The van der Waals surface area contributed by atoms with Gasteiger partial charge in [-0.15, -0.1) is 0 Å². The number of rotatable bonds is 9. The molecule has 0 aliphatic rings. The van der Waals surface area contributed by atoms with Gasteiger partial charge in [-0.3, -0.25) is 9.59 Å². The number of aromatic nitrogens is 3. The van der Waals surface area contributed by atoms with Crippen LogP contribution in [0.1, 0.15) is 44.8 Å². The highest BCUT2D eigenvalue weighted by Gasteiger charge is 2.24. The van der Waals surface area contributed by atoms with E-state index >= 15 is 0 Å². The normalized spacial score (nSPS) is 12.0. The lowest BCUT2D eigenvalue weighted by Gasteiger charge is -2.18. The molecule has 174 valence electrons. The highest BCUT2D eigenvalue weighted by molar-refractivity contribution is 6.10. The molecule has 0 radical (unpaired) electrons. The third-order valence-corrected chi connectivity index (χ3v) is 6.25. The Balaban J connectivity index is 1.37. The zero-order valence-corrected chi connectivity index (χ0v) is 19.4. The minimum Gasteiger partial charge on any atom is -0.360 e. The molecule has 35 heavy (non-hydrogen) atoms. The van der Waals surface area contributed by atoms with Gasteiger partial charge in [0.2, 0.25) is 0 Å². The van der Waals surface area contributed by atoms with E-state index in [1.54, 1.807) is 25.6 Å². The van der Waals surface area contributed by atoms with Crippen LogP contribution in [0.2, 0.25) is 0 Å². The van der Waals surface area contributed by atoms with E-state index in [2.05, 4.69) is 15.3 Å². The zero-order valence-electron chi connectivity index (χ0n) is 19.4. The second kappa shape index (κ2) is 9.91. The quantitative estimate of drug-likeness (QED) is 0.291. The number of benzene rings is 3. The van der Waals surface area contributed by atoms with Gasteiger partial charge < -0.3 is 14.9 Å². The van der Waals surface area contributed by atoms with Gasteiger partial charge in [-0.25, -0.2) is 4.98 Å². The topological polar surface area (TPSA) is 79.8 Å². The molecule has 0 unspecified atom stereocenters. The number of Topliss-reactive ketones (excluding diaryl/α,β-unsaturated/α-hetero) is 2. The Morgan fingerprint density at radius 3 is 2.54 bits per heavy atom. The number of nitrogens with zero attached hydrogens (tertiary/aromatic N) is 2. The van der Waals surface area contributed by atoms with Crippen LogP contribution in [0.3, 0.4) is 0 Å². The minimum absolute atomic E-state index is 0.0183. The molecule has 2 aromatic heterocycles. The summed E-state index contributed by atoms with van der Waals surface area (Å²) >= 11 is 0. The van der Waals surface area contributed by atoms with E-state index in [0.29, 0.717) is 17.7 Å². The Hall–Kier alpha value is -4.29. The van der Waals surface area contributed by atoms with Crippen molar-refractivity contribution in [3.8, 4) is 5.69 Å². The number of hydrogen-bond acceptors (Lipinski definition) is 4. The highest BCUT2D eigenvalue weighted by Crippen LogP contribution is 2.26. The number of carbonyl (C=O) groups is 2. The summed E-state index contributed by atoms with van der Waals surface area (Å²) in [5.74, 6) is 0.0741. The van der Waals surface area contributed by atoms with Gasteiger partial charge in [0.15, 0.2) is 11.6 Å². The lowest BCUT2D eigenvalue weighted by atomic mass is 9.96. The van der Waals surface area contributed by atoms with Crippen molar-refractivity contribution < 1.29 is 9.59 Å². The molecule has 0 spiro atoms. The van der Waals surface area contributed by atoms with E-state index in [9.17, 15) is 9.59 Å². The summed E-state index contributed by atoms with van der Waals surface area (Å²) in [6, 6.07) is 22.9. The van der Waals surface area contributed by atoms with Crippen LogP contribution in [0.15, 0.2) is 97.7 Å². The fourth-order valence-electron chi connectivity index (χ4n) is 4.32. The molecule has 6 heteroatoms. The van der Waals surface area contributed by atoms with Crippen molar-refractivity contribution in [3.05, 3.63) is 120 Å². The maximum Gasteiger partial charge on any atom is 0.186 e. The smallest absolute Gasteiger partial charge is 0.186 e. The standard InChI is InChI=1S/C29H26N4O2/c1-20(34)22-9-7-21(8-10-22)13-14-31-28(23-5-3-2-4-6-23)29(35)26-18-32-27-17-24(11-12-25(26)27)33-16-15-30-19-33/h2-12,15-19,28,31-32H,13-14H2,1H3/t28-/m1/s1. The summed E-state index contributed by atoms with van der Waals surface area (Å²) < 4.78 is 1.93. The second-order valence-corrected chi connectivity index (χ2v) is 8.57. The molecule has 5 rings (SSSR count). The van der Waals surface area contributed by atoms with E-state index in [4.69, 9.17) is 0 Å². The first-order valence-electron chi connectivity index (χ1n) is 11.6. The average Bonchev–Trinajstić information content (AvgIpc) is 3.57. The highest BCUT2D eigenvalue weighted by atomic mass is 16.1. The van der Waals surface area contributed by atoms with E-state index in [1.165, 1.54) is 0 Å². The van der Waals surface area contributed by atoms with Crippen LogP contribution in [0.25, 0.3) is 16.6 Å². The second-order valence-electron chi connectivity index (χ2n) is 8.57. The van der Waals surface area contributed by atoms with Crippen LogP contribution < -0.4 is 5.32 Å². The fourth-order valence-corrected chi connectivity index (χ4v) is 4.32. The molecule has 6 nitrogen and oxygen atoms in total. The van der Waals surface area contributed by atoms with Crippen molar-refractivity contribution in [2.75, 3.05) is 6.54 Å². The molecule has 1 atom stereocenters. The molecule has 0 aliphatic heterocycles. The molecule has 2 N–H and O–H groups in total. The fraction of sp³-hybridized carbons (Fsp3) is 0.138. The number of ketones is 2. The molecule has 3 aromatic carbocycles. The van der Waals surface area contributed by atoms with Crippen LogP contribution in [0, 0.1) is 0 Å². The van der Waals surface area contributed by atoms with Gasteiger partial charge in [-0.05, 0) is 36.6 Å². The van der Waals surface area contributed by atoms with Gasteiger partial charge in [0, 0.05) is 52.9 Å². The molecule has 5 aromatic rings. The van der Waals surface area contributed by atoms with Crippen molar-refractivity contribution in [1.82, 2.24) is 19.9 Å². The van der Waals surface area contributed by atoms with Crippen molar-refractivity contribution in [2.45, 2.75) is 19.4 Å². The lowest BCUT2D eigenvalue weighted by molar-refractivity contribution is 0.0944. The maximum atomic E-state index is 13.8. The number of aromatic amines is 1. The van der Waals surface area contributed by atoms with Crippen molar-refractivity contribution in [2.24, 2.45) is 0 Å². The molecule has 0 bridgehead atoms. The van der Waals surface area contributed by atoms with Crippen LogP contribution in [0.4, 0.5) is 0 Å². The number of H-pyrrole nitrogens is 1. The molecule has 2 heterocycles. The molecule has 0 saturated carbocycles. The average molecular weight is 463 g/mol.